The number of hydrogen-bond donors (Lipinski definition) is 1. The fraction of sp³-hybridized carbons (Fsp3) is 1.00. The van der Waals surface area contributed by atoms with Gasteiger partial charge in [0.1, 0.15) is 0 Å². The van der Waals surface area contributed by atoms with Crippen molar-refractivity contribution < 1.29 is 5.11 Å². The number of rotatable bonds is 0. The Kier molecular flexibility index (Phi) is 1.95. The molecule has 1 N–H and O–H groups in total. The Morgan fingerprint density at radius 1 is 1.25 bits per heavy atom. The van der Waals surface area contributed by atoms with Gasteiger partial charge in [-0.3, -0.25) is 0 Å². The van der Waals surface area contributed by atoms with Gasteiger partial charge in [0.2, 0.25) is 0 Å². The molecule has 4 unspecified atom stereocenters. The van der Waals surface area contributed by atoms with Gasteiger partial charge in [-0.25, -0.2) is 0 Å². The molecule has 12 heavy (non-hydrogen) atoms. The highest BCUT2D eigenvalue weighted by molar-refractivity contribution is 4.95. The molecule has 1 nitrogen and oxygen atoms in total. The Morgan fingerprint density at radius 2 is 2.00 bits per heavy atom. The molecule has 70 valence electrons. The maximum Gasteiger partial charge on any atom is 0.0673 e. The van der Waals surface area contributed by atoms with Gasteiger partial charge in [-0.2, -0.15) is 0 Å². The first-order valence-corrected chi connectivity index (χ1v) is 5.33. The van der Waals surface area contributed by atoms with E-state index in [0.717, 1.165) is 5.92 Å². The van der Waals surface area contributed by atoms with E-state index in [-0.39, 0.29) is 5.60 Å². The predicted octanol–water partition coefficient (Wildman–Crippen LogP) is 2.58. The molecule has 2 fully saturated rings. The average molecular weight is 168 g/mol. The molecular weight excluding hydrogens is 148 g/mol. The average Bonchev–Trinajstić information content (AvgIpc) is 2.03. The zero-order valence-electron chi connectivity index (χ0n) is 8.21. The van der Waals surface area contributed by atoms with E-state index in [0.29, 0.717) is 11.8 Å². The number of fused-ring (bicyclic) bond motifs is 2. The van der Waals surface area contributed by atoms with E-state index in [1.165, 1.54) is 32.1 Å². The second-order valence-electron chi connectivity index (χ2n) is 5.09. The molecular formula is C11H20O. The Morgan fingerprint density at radius 3 is 2.75 bits per heavy atom. The molecule has 2 rings (SSSR count). The second kappa shape index (κ2) is 2.73. The van der Waals surface area contributed by atoms with Gasteiger partial charge >= 0.3 is 0 Å². The summed E-state index contributed by atoms with van der Waals surface area (Å²) < 4.78 is 0. The molecule has 0 radical (unpaired) electrons. The Balaban J connectivity index is 2.16. The predicted molar refractivity (Wildman–Crippen MR) is 49.9 cm³/mol. The summed E-state index contributed by atoms with van der Waals surface area (Å²) in [4.78, 5) is 0. The molecule has 4 atom stereocenters. The maximum atomic E-state index is 10.3. The van der Waals surface area contributed by atoms with Crippen molar-refractivity contribution in [1.82, 2.24) is 0 Å². The molecule has 2 aliphatic carbocycles. The van der Waals surface area contributed by atoms with Crippen LogP contribution in [-0.2, 0) is 0 Å². The summed E-state index contributed by atoms with van der Waals surface area (Å²) in [7, 11) is 0. The van der Waals surface area contributed by atoms with Crippen molar-refractivity contribution in [1.29, 1.82) is 0 Å². The third-order valence-electron chi connectivity index (χ3n) is 4.29. The lowest BCUT2D eigenvalue weighted by atomic mass is 9.61. The first kappa shape index (κ1) is 8.55. The van der Waals surface area contributed by atoms with Crippen molar-refractivity contribution in [2.45, 2.75) is 51.6 Å². The molecule has 1 heteroatoms. The van der Waals surface area contributed by atoms with E-state index in [1.54, 1.807) is 0 Å². The van der Waals surface area contributed by atoms with Crippen LogP contribution in [0.15, 0.2) is 0 Å². The highest BCUT2D eigenvalue weighted by atomic mass is 16.3. The van der Waals surface area contributed by atoms with E-state index >= 15 is 0 Å². The first-order chi connectivity index (χ1) is 5.60. The van der Waals surface area contributed by atoms with E-state index in [4.69, 9.17) is 0 Å². The van der Waals surface area contributed by atoms with Gasteiger partial charge in [-0.15, -0.1) is 0 Å². The quantitative estimate of drug-likeness (QED) is 0.589. The van der Waals surface area contributed by atoms with Crippen LogP contribution in [0.1, 0.15) is 46.0 Å². The minimum atomic E-state index is -0.364. The first-order valence-electron chi connectivity index (χ1n) is 5.33. The van der Waals surface area contributed by atoms with Gasteiger partial charge < -0.3 is 5.11 Å². The Labute approximate surface area is 75.2 Å². The van der Waals surface area contributed by atoms with Crippen LogP contribution < -0.4 is 0 Å². The maximum absolute atomic E-state index is 10.3. The lowest BCUT2D eigenvalue weighted by Crippen LogP contribution is -2.48. The fourth-order valence-corrected chi connectivity index (χ4v) is 3.18. The molecule has 0 spiro atoms. The lowest BCUT2D eigenvalue weighted by Gasteiger charge is -2.48. The van der Waals surface area contributed by atoms with E-state index in [1.807, 2.05) is 6.92 Å². The van der Waals surface area contributed by atoms with Crippen LogP contribution in [0.2, 0.25) is 0 Å². The summed E-state index contributed by atoms with van der Waals surface area (Å²) >= 11 is 0. The number of hydrogen-bond acceptors (Lipinski definition) is 1. The van der Waals surface area contributed by atoms with Crippen LogP contribution in [0.25, 0.3) is 0 Å². The highest BCUT2D eigenvalue weighted by Gasteiger charge is 2.44. The van der Waals surface area contributed by atoms with Crippen molar-refractivity contribution in [3.05, 3.63) is 0 Å². The molecule has 0 amide bonds. The standard InChI is InChI=1S/C11H20O/c1-8-6-9-4-3-5-10(7-9)11(8,2)12/h8-10,12H,3-7H2,1-2H3. The van der Waals surface area contributed by atoms with Crippen molar-refractivity contribution in [3.8, 4) is 0 Å². The SMILES string of the molecule is CC1CC2CCCC(C2)C1(C)O. The third-order valence-corrected chi connectivity index (χ3v) is 4.29. The van der Waals surface area contributed by atoms with Gasteiger partial charge in [0.25, 0.3) is 0 Å². The van der Waals surface area contributed by atoms with E-state index in [2.05, 4.69) is 6.92 Å². The summed E-state index contributed by atoms with van der Waals surface area (Å²) in [6.45, 7) is 4.26. The van der Waals surface area contributed by atoms with Crippen molar-refractivity contribution >= 4 is 0 Å². The monoisotopic (exact) mass is 168 g/mol. The molecule has 0 aliphatic heterocycles. The summed E-state index contributed by atoms with van der Waals surface area (Å²) in [6, 6.07) is 0. The normalized spacial score (nSPS) is 53.8. The zero-order chi connectivity index (χ0) is 8.77. The van der Waals surface area contributed by atoms with Gasteiger partial charge in [-0.05, 0) is 43.9 Å². The minimum Gasteiger partial charge on any atom is -0.390 e. The summed E-state index contributed by atoms with van der Waals surface area (Å²) in [5, 5.41) is 10.3. The van der Waals surface area contributed by atoms with Gasteiger partial charge in [0.05, 0.1) is 5.60 Å². The fourth-order valence-electron chi connectivity index (χ4n) is 3.18. The van der Waals surface area contributed by atoms with Gasteiger partial charge in [0, 0.05) is 0 Å². The topological polar surface area (TPSA) is 20.2 Å². The molecule has 0 heterocycles. The van der Waals surface area contributed by atoms with Crippen molar-refractivity contribution in [3.63, 3.8) is 0 Å². The molecule has 0 saturated heterocycles. The smallest absolute Gasteiger partial charge is 0.0673 e. The molecule has 2 saturated carbocycles. The summed E-state index contributed by atoms with van der Waals surface area (Å²) in [6.07, 6.45) is 6.56. The second-order valence-corrected chi connectivity index (χ2v) is 5.09. The third kappa shape index (κ3) is 1.19. The number of aliphatic hydroxyl groups is 1. The van der Waals surface area contributed by atoms with Crippen LogP contribution >= 0.6 is 0 Å². The van der Waals surface area contributed by atoms with Crippen LogP contribution in [0.3, 0.4) is 0 Å². The van der Waals surface area contributed by atoms with Crippen LogP contribution in [0.4, 0.5) is 0 Å². The highest BCUT2D eigenvalue weighted by Crippen LogP contribution is 2.47. The van der Waals surface area contributed by atoms with E-state index < -0.39 is 0 Å². The van der Waals surface area contributed by atoms with Crippen LogP contribution in [-0.4, -0.2) is 10.7 Å². The largest absolute Gasteiger partial charge is 0.390 e. The minimum absolute atomic E-state index is 0.364. The summed E-state index contributed by atoms with van der Waals surface area (Å²) in [5.74, 6) is 2.04. The van der Waals surface area contributed by atoms with Crippen LogP contribution in [0.5, 0.6) is 0 Å². The molecule has 0 aromatic carbocycles. The Bertz CT molecular complexity index is 172. The van der Waals surface area contributed by atoms with Crippen molar-refractivity contribution in [2.24, 2.45) is 17.8 Å². The zero-order valence-corrected chi connectivity index (χ0v) is 8.21. The summed E-state index contributed by atoms with van der Waals surface area (Å²) in [5.41, 5.74) is -0.364. The lowest BCUT2D eigenvalue weighted by molar-refractivity contribution is -0.103. The molecule has 0 aromatic rings. The van der Waals surface area contributed by atoms with Crippen molar-refractivity contribution in [2.75, 3.05) is 0 Å². The van der Waals surface area contributed by atoms with Crippen LogP contribution in [0, 0.1) is 17.8 Å². The van der Waals surface area contributed by atoms with Gasteiger partial charge in [-0.1, -0.05) is 19.8 Å². The van der Waals surface area contributed by atoms with Gasteiger partial charge in [0.15, 0.2) is 0 Å². The molecule has 0 aromatic heterocycles. The Hall–Kier alpha value is -0.0400. The van der Waals surface area contributed by atoms with E-state index in [9.17, 15) is 5.11 Å². The molecule has 2 aliphatic rings. The molecule has 2 bridgehead atoms.